The standard InChI is InChI=1S/C16H16N2/c1-2-13(16-10-17-11-18-16)15-9-5-7-12-6-3-4-8-14(12)15/h3-11,13H,2H2,1H3,(H,17,18)/t13-/m1/s1. The summed E-state index contributed by atoms with van der Waals surface area (Å²) in [5.74, 6) is 0.388. The molecule has 0 unspecified atom stereocenters. The van der Waals surface area contributed by atoms with Crippen LogP contribution in [0.25, 0.3) is 10.8 Å². The third-order valence-electron chi connectivity index (χ3n) is 3.50. The number of nitrogens with one attached hydrogen (secondary N) is 1. The van der Waals surface area contributed by atoms with Crippen LogP contribution in [0.5, 0.6) is 0 Å². The van der Waals surface area contributed by atoms with Gasteiger partial charge in [0.05, 0.1) is 6.33 Å². The van der Waals surface area contributed by atoms with Crippen molar-refractivity contribution in [1.29, 1.82) is 0 Å². The zero-order valence-electron chi connectivity index (χ0n) is 10.4. The molecular formula is C16H16N2. The molecule has 0 radical (unpaired) electrons. The molecule has 0 fully saturated rings. The fourth-order valence-electron chi connectivity index (χ4n) is 2.62. The van der Waals surface area contributed by atoms with Gasteiger partial charge in [-0.05, 0) is 22.8 Å². The predicted octanol–water partition coefficient (Wildman–Crippen LogP) is 4.10. The van der Waals surface area contributed by atoms with Crippen LogP contribution in [0.3, 0.4) is 0 Å². The van der Waals surface area contributed by atoms with Crippen LogP contribution >= 0.6 is 0 Å². The largest absolute Gasteiger partial charge is 0.348 e. The van der Waals surface area contributed by atoms with Gasteiger partial charge < -0.3 is 4.98 Å². The Morgan fingerprint density at radius 3 is 2.72 bits per heavy atom. The lowest BCUT2D eigenvalue weighted by Crippen LogP contribution is -2.00. The number of H-pyrrole nitrogens is 1. The Hall–Kier alpha value is -2.09. The molecule has 90 valence electrons. The number of fused-ring (bicyclic) bond motifs is 1. The molecule has 2 aromatic carbocycles. The molecule has 0 spiro atoms. The van der Waals surface area contributed by atoms with E-state index in [-0.39, 0.29) is 0 Å². The Morgan fingerprint density at radius 1 is 1.11 bits per heavy atom. The molecule has 0 saturated carbocycles. The number of nitrogens with zero attached hydrogens (tertiary/aromatic N) is 1. The molecule has 3 rings (SSSR count). The van der Waals surface area contributed by atoms with Gasteiger partial charge >= 0.3 is 0 Å². The summed E-state index contributed by atoms with van der Waals surface area (Å²) < 4.78 is 0. The third-order valence-corrected chi connectivity index (χ3v) is 3.50. The second-order valence-corrected chi connectivity index (χ2v) is 4.54. The first-order valence-electron chi connectivity index (χ1n) is 6.36. The van der Waals surface area contributed by atoms with E-state index in [9.17, 15) is 0 Å². The van der Waals surface area contributed by atoms with E-state index in [1.807, 2.05) is 6.20 Å². The van der Waals surface area contributed by atoms with Crippen LogP contribution in [0, 0.1) is 0 Å². The topological polar surface area (TPSA) is 28.7 Å². The van der Waals surface area contributed by atoms with E-state index >= 15 is 0 Å². The molecule has 0 bridgehead atoms. The molecule has 0 aliphatic heterocycles. The van der Waals surface area contributed by atoms with Crippen molar-refractivity contribution in [2.24, 2.45) is 0 Å². The van der Waals surface area contributed by atoms with Crippen molar-refractivity contribution < 1.29 is 0 Å². The Bertz CT molecular complexity index is 636. The fourth-order valence-corrected chi connectivity index (χ4v) is 2.62. The minimum absolute atomic E-state index is 0.388. The van der Waals surface area contributed by atoms with Crippen LogP contribution in [0.4, 0.5) is 0 Å². The molecule has 2 heteroatoms. The summed E-state index contributed by atoms with van der Waals surface area (Å²) in [4.78, 5) is 7.38. The van der Waals surface area contributed by atoms with Crippen LogP contribution in [-0.4, -0.2) is 9.97 Å². The fraction of sp³-hybridized carbons (Fsp3) is 0.188. The summed E-state index contributed by atoms with van der Waals surface area (Å²) in [6.45, 7) is 2.22. The SMILES string of the molecule is CC[C@@H](c1cnc[nH]1)c1cccc2ccccc12. The quantitative estimate of drug-likeness (QED) is 0.728. The maximum atomic E-state index is 4.14. The summed E-state index contributed by atoms with van der Waals surface area (Å²) in [7, 11) is 0. The highest BCUT2D eigenvalue weighted by molar-refractivity contribution is 5.86. The smallest absolute Gasteiger partial charge is 0.0921 e. The number of aromatic nitrogens is 2. The minimum atomic E-state index is 0.388. The van der Waals surface area contributed by atoms with Crippen LogP contribution in [0.2, 0.25) is 0 Å². The van der Waals surface area contributed by atoms with Crippen molar-refractivity contribution in [3.05, 3.63) is 66.2 Å². The Kier molecular flexibility index (Phi) is 2.85. The maximum Gasteiger partial charge on any atom is 0.0921 e. The summed E-state index contributed by atoms with van der Waals surface area (Å²) in [6.07, 6.45) is 4.75. The van der Waals surface area contributed by atoms with Gasteiger partial charge in [-0.2, -0.15) is 0 Å². The van der Waals surface area contributed by atoms with Crippen molar-refractivity contribution in [3.8, 4) is 0 Å². The highest BCUT2D eigenvalue weighted by atomic mass is 14.9. The first-order valence-corrected chi connectivity index (χ1v) is 6.36. The molecule has 3 aromatic rings. The van der Waals surface area contributed by atoms with Crippen LogP contribution in [0.15, 0.2) is 55.0 Å². The van der Waals surface area contributed by atoms with Gasteiger partial charge in [0.25, 0.3) is 0 Å². The summed E-state index contributed by atoms with van der Waals surface area (Å²) >= 11 is 0. The Balaban J connectivity index is 2.18. The zero-order chi connectivity index (χ0) is 12.4. The molecule has 1 N–H and O–H groups in total. The number of hydrogen-bond acceptors (Lipinski definition) is 1. The van der Waals surface area contributed by atoms with Crippen molar-refractivity contribution in [1.82, 2.24) is 9.97 Å². The normalized spacial score (nSPS) is 12.7. The van der Waals surface area contributed by atoms with Gasteiger partial charge in [-0.1, -0.05) is 49.4 Å². The molecule has 0 aliphatic rings. The lowest BCUT2D eigenvalue weighted by atomic mass is 9.89. The Morgan fingerprint density at radius 2 is 1.94 bits per heavy atom. The minimum Gasteiger partial charge on any atom is -0.348 e. The van der Waals surface area contributed by atoms with Crippen LogP contribution in [0.1, 0.15) is 30.5 Å². The zero-order valence-corrected chi connectivity index (χ0v) is 10.4. The van der Waals surface area contributed by atoms with E-state index in [0.29, 0.717) is 5.92 Å². The van der Waals surface area contributed by atoms with Gasteiger partial charge in [-0.15, -0.1) is 0 Å². The molecule has 2 nitrogen and oxygen atoms in total. The molecule has 0 amide bonds. The summed E-state index contributed by atoms with van der Waals surface area (Å²) in [5.41, 5.74) is 2.56. The monoisotopic (exact) mass is 236 g/mol. The van der Waals surface area contributed by atoms with E-state index < -0.39 is 0 Å². The lowest BCUT2D eigenvalue weighted by molar-refractivity contribution is 0.761. The first kappa shape index (κ1) is 11.0. The third kappa shape index (κ3) is 1.80. The van der Waals surface area contributed by atoms with Crippen LogP contribution < -0.4 is 0 Å². The Labute approximate surface area is 107 Å². The summed E-state index contributed by atoms with van der Waals surface area (Å²) in [5, 5.41) is 2.63. The molecule has 0 saturated heterocycles. The van der Waals surface area contributed by atoms with E-state index in [0.717, 1.165) is 6.42 Å². The van der Waals surface area contributed by atoms with Crippen molar-refractivity contribution in [2.45, 2.75) is 19.3 Å². The average molecular weight is 236 g/mol. The number of rotatable bonds is 3. The van der Waals surface area contributed by atoms with E-state index in [4.69, 9.17) is 0 Å². The van der Waals surface area contributed by atoms with Gasteiger partial charge in [0, 0.05) is 17.8 Å². The van der Waals surface area contributed by atoms with E-state index in [2.05, 4.69) is 59.4 Å². The summed E-state index contributed by atoms with van der Waals surface area (Å²) in [6, 6.07) is 15.1. The molecular weight excluding hydrogens is 220 g/mol. The van der Waals surface area contributed by atoms with Crippen molar-refractivity contribution in [2.75, 3.05) is 0 Å². The second-order valence-electron chi connectivity index (χ2n) is 4.54. The molecule has 1 atom stereocenters. The molecule has 1 aromatic heterocycles. The van der Waals surface area contributed by atoms with E-state index in [1.165, 1.54) is 22.0 Å². The van der Waals surface area contributed by atoms with E-state index in [1.54, 1.807) is 6.33 Å². The van der Waals surface area contributed by atoms with Gasteiger partial charge in [-0.3, -0.25) is 0 Å². The average Bonchev–Trinajstić information content (AvgIpc) is 2.94. The molecule has 0 aliphatic carbocycles. The lowest BCUT2D eigenvalue weighted by Gasteiger charge is -2.16. The highest BCUT2D eigenvalue weighted by Gasteiger charge is 2.15. The van der Waals surface area contributed by atoms with Crippen molar-refractivity contribution in [3.63, 3.8) is 0 Å². The second kappa shape index (κ2) is 4.65. The molecule has 1 heterocycles. The number of benzene rings is 2. The highest BCUT2D eigenvalue weighted by Crippen LogP contribution is 2.31. The maximum absolute atomic E-state index is 4.14. The van der Waals surface area contributed by atoms with Crippen LogP contribution in [-0.2, 0) is 0 Å². The number of imidazole rings is 1. The molecule has 18 heavy (non-hydrogen) atoms. The first-order chi connectivity index (χ1) is 8.90. The van der Waals surface area contributed by atoms with Crippen molar-refractivity contribution >= 4 is 10.8 Å². The van der Waals surface area contributed by atoms with Gasteiger partial charge in [0.2, 0.25) is 0 Å². The van der Waals surface area contributed by atoms with Gasteiger partial charge in [0.15, 0.2) is 0 Å². The number of aromatic amines is 1. The predicted molar refractivity (Wildman–Crippen MR) is 74.7 cm³/mol. The number of hydrogen-bond donors (Lipinski definition) is 1. The van der Waals surface area contributed by atoms with Gasteiger partial charge in [-0.25, -0.2) is 4.98 Å². The van der Waals surface area contributed by atoms with Gasteiger partial charge in [0.1, 0.15) is 0 Å².